The molecule has 0 bridgehead atoms. The Kier molecular flexibility index (Phi) is 4.17. The van der Waals surface area contributed by atoms with E-state index in [1.807, 2.05) is 29.1 Å². The van der Waals surface area contributed by atoms with Crippen LogP contribution in [-0.2, 0) is 16.6 Å². The fraction of sp³-hybridized carbons (Fsp3) is 0.231. The molecule has 0 fully saturated rings. The molecule has 0 saturated carbocycles. The highest BCUT2D eigenvalue weighted by atomic mass is 32.2. The van der Waals surface area contributed by atoms with Crippen molar-refractivity contribution in [1.82, 2.24) is 9.29 Å². The maximum Gasteiger partial charge on any atom is 0.240 e. The molecule has 1 aromatic carbocycles. The lowest BCUT2D eigenvalue weighted by atomic mass is 10.4. The summed E-state index contributed by atoms with van der Waals surface area (Å²) in [4.78, 5) is 0.311. The van der Waals surface area contributed by atoms with Gasteiger partial charge in [-0.2, -0.15) is 0 Å². The molecule has 0 aliphatic heterocycles. The lowest BCUT2D eigenvalue weighted by Crippen LogP contribution is -2.25. The van der Waals surface area contributed by atoms with Crippen LogP contribution in [0.5, 0.6) is 0 Å². The number of sulfonamides is 1. The monoisotopic (exact) mass is 264 g/mol. The summed E-state index contributed by atoms with van der Waals surface area (Å²) in [5, 5.41) is 0. The maximum atomic E-state index is 11.9. The second kappa shape index (κ2) is 5.84. The molecule has 96 valence electrons. The molecule has 5 heteroatoms. The zero-order valence-corrected chi connectivity index (χ0v) is 10.8. The summed E-state index contributed by atoms with van der Waals surface area (Å²) in [7, 11) is -3.36. The van der Waals surface area contributed by atoms with Crippen molar-refractivity contribution in [3.05, 3.63) is 54.9 Å². The number of hydrogen-bond donors (Lipinski definition) is 1. The van der Waals surface area contributed by atoms with Crippen LogP contribution in [0.2, 0.25) is 0 Å². The molecule has 0 spiro atoms. The Labute approximate surface area is 107 Å². The summed E-state index contributed by atoms with van der Waals surface area (Å²) in [6.07, 6.45) is 4.69. The highest BCUT2D eigenvalue weighted by Crippen LogP contribution is 2.06. The number of benzene rings is 1. The largest absolute Gasteiger partial charge is 0.354 e. The van der Waals surface area contributed by atoms with Crippen molar-refractivity contribution < 1.29 is 8.42 Å². The Morgan fingerprint density at radius 2 is 1.67 bits per heavy atom. The molecule has 1 heterocycles. The second-order valence-electron chi connectivity index (χ2n) is 3.99. The number of nitrogens with one attached hydrogen (secondary N) is 1. The molecule has 0 aliphatic carbocycles. The van der Waals surface area contributed by atoms with Gasteiger partial charge in [-0.25, -0.2) is 13.1 Å². The third kappa shape index (κ3) is 3.45. The van der Waals surface area contributed by atoms with Crippen LogP contribution in [0.25, 0.3) is 0 Å². The highest BCUT2D eigenvalue weighted by molar-refractivity contribution is 7.89. The van der Waals surface area contributed by atoms with Crippen LogP contribution >= 0.6 is 0 Å². The number of nitrogens with zero attached hydrogens (tertiary/aromatic N) is 1. The Morgan fingerprint density at radius 1 is 1.00 bits per heavy atom. The van der Waals surface area contributed by atoms with Crippen molar-refractivity contribution >= 4 is 10.0 Å². The SMILES string of the molecule is O=S(=O)(NCCCn1cccc1)c1ccccc1. The van der Waals surface area contributed by atoms with Gasteiger partial charge in [0.2, 0.25) is 10.0 Å². The summed E-state index contributed by atoms with van der Waals surface area (Å²) in [6.45, 7) is 1.25. The van der Waals surface area contributed by atoms with E-state index < -0.39 is 10.0 Å². The maximum absolute atomic E-state index is 11.9. The highest BCUT2D eigenvalue weighted by Gasteiger charge is 2.11. The van der Waals surface area contributed by atoms with Gasteiger partial charge in [0, 0.05) is 25.5 Å². The van der Waals surface area contributed by atoms with E-state index in [0.29, 0.717) is 11.4 Å². The summed E-state index contributed by atoms with van der Waals surface area (Å²) in [6, 6.07) is 12.3. The Bertz CT molecular complexity index is 562. The molecule has 1 aromatic heterocycles. The van der Waals surface area contributed by atoms with Gasteiger partial charge in [0.1, 0.15) is 0 Å². The van der Waals surface area contributed by atoms with Crippen LogP contribution in [0.15, 0.2) is 59.8 Å². The van der Waals surface area contributed by atoms with Crippen molar-refractivity contribution in [2.45, 2.75) is 17.9 Å². The lowest BCUT2D eigenvalue weighted by Gasteiger charge is -2.07. The van der Waals surface area contributed by atoms with E-state index in [1.54, 1.807) is 30.3 Å². The van der Waals surface area contributed by atoms with Crippen molar-refractivity contribution in [2.75, 3.05) is 6.54 Å². The number of rotatable bonds is 6. The molecule has 0 radical (unpaired) electrons. The molecule has 2 rings (SSSR count). The zero-order valence-electron chi connectivity index (χ0n) is 9.99. The van der Waals surface area contributed by atoms with Crippen molar-refractivity contribution in [1.29, 1.82) is 0 Å². The van der Waals surface area contributed by atoms with E-state index in [2.05, 4.69) is 4.72 Å². The van der Waals surface area contributed by atoms with Gasteiger partial charge in [0.25, 0.3) is 0 Å². The third-order valence-corrected chi connectivity index (χ3v) is 4.08. The van der Waals surface area contributed by atoms with Gasteiger partial charge < -0.3 is 4.57 Å². The van der Waals surface area contributed by atoms with Crippen LogP contribution in [0.4, 0.5) is 0 Å². The first kappa shape index (κ1) is 12.9. The van der Waals surface area contributed by atoms with E-state index >= 15 is 0 Å². The molecular formula is C13H16N2O2S. The van der Waals surface area contributed by atoms with Crippen molar-refractivity contribution in [3.8, 4) is 0 Å². The number of aryl methyl sites for hydroxylation is 1. The van der Waals surface area contributed by atoms with E-state index in [0.717, 1.165) is 13.0 Å². The molecule has 0 amide bonds. The predicted molar refractivity (Wildman–Crippen MR) is 70.7 cm³/mol. The van der Waals surface area contributed by atoms with Gasteiger partial charge in [-0.3, -0.25) is 0 Å². The molecule has 0 atom stereocenters. The molecule has 18 heavy (non-hydrogen) atoms. The van der Waals surface area contributed by atoms with Crippen LogP contribution in [0.1, 0.15) is 6.42 Å². The predicted octanol–water partition coefficient (Wildman–Crippen LogP) is 1.86. The Hall–Kier alpha value is -1.59. The fourth-order valence-corrected chi connectivity index (χ4v) is 2.77. The minimum atomic E-state index is -3.36. The van der Waals surface area contributed by atoms with Gasteiger partial charge in [0.15, 0.2) is 0 Å². The summed E-state index contributed by atoms with van der Waals surface area (Å²) >= 11 is 0. The van der Waals surface area contributed by atoms with Gasteiger partial charge in [-0.1, -0.05) is 18.2 Å². The minimum absolute atomic E-state index is 0.311. The summed E-state index contributed by atoms with van der Waals surface area (Å²) in [5.41, 5.74) is 0. The first-order valence-corrected chi connectivity index (χ1v) is 7.32. The lowest BCUT2D eigenvalue weighted by molar-refractivity contribution is 0.570. The average Bonchev–Trinajstić information content (AvgIpc) is 2.89. The van der Waals surface area contributed by atoms with E-state index in [4.69, 9.17) is 0 Å². The number of aromatic nitrogens is 1. The van der Waals surface area contributed by atoms with Gasteiger partial charge in [-0.15, -0.1) is 0 Å². The molecule has 0 saturated heterocycles. The van der Waals surface area contributed by atoms with Gasteiger partial charge in [-0.05, 0) is 30.7 Å². The smallest absolute Gasteiger partial charge is 0.240 e. The number of hydrogen-bond acceptors (Lipinski definition) is 2. The summed E-state index contributed by atoms with van der Waals surface area (Å²) < 4.78 is 28.4. The van der Waals surface area contributed by atoms with Crippen molar-refractivity contribution in [3.63, 3.8) is 0 Å². The van der Waals surface area contributed by atoms with Gasteiger partial charge in [0.05, 0.1) is 4.90 Å². The standard InChI is InChI=1S/C13H16N2O2S/c16-18(17,13-7-2-1-3-8-13)14-9-6-12-15-10-4-5-11-15/h1-5,7-8,10-11,14H,6,9,12H2. The van der Waals surface area contributed by atoms with Crippen LogP contribution in [0.3, 0.4) is 0 Å². The Morgan fingerprint density at radius 3 is 2.33 bits per heavy atom. The van der Waals surface area contributed by atoms with Crippen LogP contribution < -0.4 is 4.72 Å². The van der Waals surface area contributed by atoms with Gasteiger partial charge >= 0.3 is 0 Å². The Balaban J connectivity index is 1.83. The summed E-state index contributed by atoms with van der Waals surface area (Å²) in [5.74, 6) is 0. The molecule has 1 N–H and O–H groups in total. The molecular weight excluding hydrogens is 248 g/mol. The first-order valence-electron chi connectivity index (χ1n) is 5.84. The van der Waals surface area contributed by atoms with E-state index in [9.17, 15) is 8.42 Å². The van der Waals surface area contributed by atoms with Crippen LogP contribution in [0, 0.1) is 0 Å². The van der Waals surface area contributed by atoms with Crippen LogP contribution in [-0.4, -0.2) is 19.5 Å². The molecule has 0 aliphatic rings. The second-order valence-corrected chi connectivity index (χ2v) is 5.75. The molecule has 2 aromatic rings. The zero-order chi connectivity index (χ0) is 12.8. The minimum Gasteiger partial charge on any atom is -0.354 e. The van der Waals surface area contributed by atoms with E-state index in [1.165, 1.54) is 0 Å². The first-order chi connectivity index (χ1) is 8.68. The quantitative estimate of drug-likeness (QED) is 0.810. The third-order valence-electron chi connectivity index (χ3n) is 2.60. The van der Waals surface area contributed by atoms with Crippen molar-refractivity contribution in [2.24, 2.45) is 0 Å². The molecule has 4 nitrogen and oxygen atoms in total. The van der Waals surface area contributed by atoms with E-state index in [-0.39, 0.29) is 0 Å². The average molecular weight is 264 g/mol. The molecule has 0 unspecified atom stereocenters. The normalized spacial score (nSPS) is 11.6. The topological polar surface area (TPSA) is 51.1 Å². The fourth-order valence-electron chi connectivity index (χ4n) is 1.67.